The molecule has 26 heavy (non-hydrogen) atoms. The van der Waals surface area contributed by atoms with Crippen LogP contribution in [0, 0.1) is 0 Å². The summed E-state index contributed by atoms with van der Waals surface area (Å²) < 4.78 is 0. The summed E-state index contributed by atoms with van der Waals surface area (Å²) in [5.41, 5.74) is 6.60. The van der Waals surface area contributed by atoms with Gasteiger partial charge in [0.25, 0.3) is 0 Å². The van der Waals surface area contributed by atoms with Crippen molar-refractivity contribution in [1.29, 1.82) is 0 Å². The molecule has 1 unspecified atom stereocenters. The molecule has 3 amide bonds. The minimum atomic E-state index is -1.07. The fourth-order valence-corrected chi connectivity index (χ4v) is 2.27. The lowest BCUT2D eigenvalue weighted by Crippen LogP contribution is -2.56. The highest BCUT2D eigenvalue weighted by Gasteiger charge is 2.29. The minimum absolute atomic E-state index is 0. The van der Waals surface area contributed by atoms with Gasteiger partial charge in [0.15, 0.2) is 0 Å². The highest BCUT2D eigenvalue weighted by molar-refractivity contribution is 5.95. The van der Waals surface area contributed by atoms with Crippen LogP contribution in [0.1, 0.15) is 25.5 Å². The number of para-hydroxylation sites is 1. The van der Waals surface area contributed by atoms with Crippen molar-refractivity contribution in [2.45, 2.75) is 25.4 Å². The molecule has 7 heteroatoms. The Morgan fingerprint density at radius 2 is 1.54 bits per heavy atom. The number of rotatable bonds is 6. The molecule has 0 spiro atoms. The molecule has 1 atom stereocenters. The maximum Gasteiger partial charge on any atom is 0.320 e. The number of halogens is 1. The third-order valence-corrected chi connectivity index (χ3v) is 3.74. The molecule has 5 N–H and O–H groups in total. The first-order valence-electron chi connectivity index (χ1n) is 8.11. The average molecular weight is 377 g/mol. The highest BCUT2D eigenvalue weighted by Crippen LogP contribution is 2.10. The van der Waals surface area contributed by atoms with Gasteiger partial charge in [-0.05, 0) is 31.5 Å². The van der Waals surface area contributed by atoms with E-state index >= 15 is 0 Å². The molecule has 0 saturated heterocycles. The summed E-state index contributed by atoms with van der Waals surface area (Å²) in [5, 5.41) is 8.14. The van der Waals surface area contributed by atoms with Crippen molar-refractivity contribution in [2.24, 2.45) is 5.73 Å². The van der Waals surface area contributed by atoms with Crippen LogP contribution in [0.15, 0.2) is 60.7 Å². The predicted octanol–water partition coefficient (Wildman–Crippen LogP) is 2.82. The first kappa shape index (κ1) is 21.5. The molecule has 0 bridgehead atoms. The lowest BCUT2D eigenvalue weighted by atomic mass is 10.0. The van der Waals surface area contributed by atoms with Gasteiger partial charge in [-0.15, -0.1) is 12.4 Å². The number of carbonyl (C=O) groups is 2. The summed E-state index contributed by atoms with van der Waals surface area (Å²) in [6, 6.07) is 17.8. The number of urea groups is 1. The summed E-state index contributed by atoms with van der Waals surface area (Å²) in [6.07, 6.45) is 0. The maximum absolute atomic E-state index is 12.4. The van der Waals surface area contributed by atoms with Crippen molar-refractivity contribution in [2.75, 3.05) is 11.9 Å². The third kappa shape index (κ3) is 6.38. The number of carbonyl (C=O) groups excluding carboxylic acids is 2. The Morgan fingerprint density at radius 3 is 2.12 bits per heavy atom. The van der Waals surface area contributed by atoms with Gasteiger partial charge in [0, 0.05) is 18.3 Å². The Kier molecular flexibility index (Phi) is 8.09. The average Bonchev–Trinajstić information content (AvgIpc) is 2.60. The first-order chi connectivity index (χ1) is 11.9. The molecular weight excluding hydrogens is 352 g/mol. The number of nitrogens with two attached hydrogens (primary N) is 1. The van der Waals surface area contributed by atoms with E-state index in [1.807, 2.05) is 48.5 Å². The largest absolute Gasteiger partial charge is 0.352 e. The monoisotopic (exact) mass is 376 g/mol. The number of hydrogen-bond donors (Lipinski definition) is 4. The van der Waals surface area contributed by atoms with Gasteiger partial charge in [-0.2, -0.15) is 0 Å². The van der Waals surface area contributed by atoms with E-state index in [1.165, 1.54) is 0 Å². The third-order valence-electron chi connectivity index (χ3n) is 3.74. The standard InChI is InChI=1S/C19H24N4O2.ClH/c1-19(2,23-18(25)22-15-11-7-4-8-12-15)17(24)21-13-16(20)14-9-5-3-6-10-14;/h3-12,16H,13,20H2,1-2H3,(H,21,24)(H2,22,23,25);1H. The molecule has 0 aliphatic carbocycles. The van der Waals surface area contributed by atoms with E-state index in [4.69, 9.17) is 5.73 Å². The molecule has 0 aliphatic heterocycles. The molecule has 0 aliphatic rings. The number of amides is 3. The van der Waals surface area contributed by atoms with Crippen LogP contribution in [0.25, 0.3) is 0 Å². The van der Waals surface area contributed by atoms with Crippen LogP contribution in [0.2, 0.25) is 0 Å². The molecule has 6 nitrogen and oxygen atoms in total. The van der Waals surface area contributed by atoms with Crippen LogP contribution < -0.4 is 21.7 Å². The summed E-state index contributed by atoms with van der Waals surface area (Å²) >= 11 is 0. The lowest BCUT2D eigenvalue weighted by Gasteiger charge is -2.26. The van der Waals surface area contributed by atoms with Crippen LogP contribution in [-0.4, -0.2) is 24.0 Å². The second-order valence-corrected chi connectivity index (χ2v) is 6.30. The number of benzene rings is 2. The SMILES string of the molecule is CC(C)(NC(=O)Nc1ccccc1)C(=O)NCC(N)c1ccccc1.Cl. The van der Waals surface area contributed by atoms with Gasteiger partial charge < -0.3 is 21.7 Å². The van der Waals surface area contributed by atoms with Gasteiger partial charge in [0.05, 0.1) is 0 Å². The molecular formula is C19H25ClN4O2. The van der Waals surface area contributed by atoms with Crippen LogP contribution in [0.5, 0.6) is 0 Å². The predicted molar refractivity (Wildman–Crippen MR) is 106 cm³/mol. The van der Waals surface area contributed by atoms with E-state index in [0.29, 0.717) is 5.69 Å². The Labute approximate surface area is 160 Å². The number of hydrogen-bond acceptors (Lipinski definition) is 3. The van der Waals surface area contributed by atoms with E-state index in [-0.39, 0.29) is 30.9 Å². The van der Waals surface area contributed by atoms with Gasteiger partial charge in [0.1, 0.15) is 5.54 Å². The molecule has 2 aromatic carbocycles. The zero-order valence-electron chi connectivity index (χ0n) is 14.9. The van der Waals surface area contributed by atoms with Gasteiger partial charge in [-0.3, -0.25) is 4.79 Å². The molecule has 0 saturated carbocycles. The molecule has 0 aromatic heterocycles. The smallest absolute Gasteiger partial charge is 0.320 e. The summed E-state index contributed by atoms with van der Waals surface area (Å²) in [4.78, 5) is 24.4. The van der Waals surface area contributed by atoms with Crippen molar-refractivity contribution < 1.29 is 9.59 Å². The first-order valence-corrected chi connectivity index (χ1v) is 8.11. The topological polar surface area (TPSA) is 96.2 Å². The van der Waals surface area contributed by atoms with Crippen LogP contribution in [0.3, 0.4) is 0 Å². The van der Waals surface area contributed by atoms with Crippen LogP contribution in [0.4, 0.5) is 10.5 Å². The second-order valence-electron chi connectivity index (χ2n) is 6.30. The van der Waals surface area contributed by atoms with E-state index in [2.05, 4.69) is 16.0 Å². The van der Waals surface area contributed by atoms with Crippen molar-refractivity contribution in [3.8, 4) is 0 Å². The van der Waals surface area contributed by atoms with Crippen molar-refractivity contribution in [1.82, 2.24) is 10.6 Å². The van der Waals surface area contributed by atoms with Crippen LogP contribution >= 0.6 is 12.4 Å². The Hall–Kier alpha value is -2.57. The zero-order valence-corrected chi connectivity index (χ0v) is 15.7. The van der Waals surface area contributed by atoms with Crippen molar-refractivity contribution in [3.05, 3.63) is 66.2 Å². The normalized spacial score (nSPS) is 11.7. The maximum atomic E-state index is 12.4. The second kappa shape index (κ2) is 9.79. The molecule has 2 rings (SSSR count). The van der Waals surface area contributed by atoms with Crippen LogP contribution in [-0.2, 0) is 4.79 Å². The van der Waals surface area contributed by atoms with Crippen molar-refractivity contribution >= 4 is 30.0 Å². The Bertz CT molecular complexity index is 708. The van der Waals surface area contributed by atoms with Gasteiger partial charge in [-0.25, -0.2) is 4.79 Å². The molecule has 140 valence electrons. The number of anilines is 1. The van der Waals surface area contributed by atoms with E-state index in [1.54, 1.807) is 26.0 Å². The molecule has 2 aromatic rings. The van der Waals surface area contributed by atoms with E-state index < -0.39 is 11.6 Å². The summed E-state index contributed by atoms with van der Waals surface area (Å²) in [6.45, 7) is 3.57. The fraction of sp³-hybridized carbons (Fsp3) is 0.263. The Balaban J connectivity index is 0.00000338. The lowest BCUT2D eigenvalue weighted by molar-refractivity contribution is -0.126. The van der Waals surface area contributed by atoms with Crippen molar-refractivity contribution in [3.63, 3.8) is 0 Å². The molecule has 0 fully saturated rings. The number of nitrogens with one attached hydrogen (secondary N) is 3. The Morgan fingerprint density at radius 1 is 1.00 bits per heavy atom. The minimum Gasteiger partial charge on any atom is -0.352 e. The van der Waals surface area contributed by atoms with Gasteiger partial charge >= 0.3 is 6.03 Å². The van der Waals surface area contributed by atoms with Gasteiger partial charge in [-0.1, -0.05) is 48.5 Å². The summed E-state index contributed by atoms with van der Waals surface area (Å²) in [5.74, 6) is -0.304. The molecule has 0 radical (unpaired) electrons. The van der Waals surface area contributed by atoms with E-state index in [9.17, 15) is 9.59 Å². The van der Waals surface area contributed by atoms with E-state index in [0.717, 1.165) is 5.56 Å². The fourth-order valence-electron chi connectivity index (χ4n) is 2.27. The molecule has 0 heterocycles. The highest BCUT2D eigenvalue weighted by atomic mass is 35.5. The quantitative estimate of drug-likeness (QED) is 0.624. The summed E-state index contributed by atoms with van der Waals surface area (Å²) in [7, 11) is 0. The van der Waals surface area contributed by atoms with Gasteiger partial charge in [0.2, 0.25) is 5.91 Å². The zero-order chi connectivity index (χ0) is 18.3.